The van der Waals surface area contributed by atoms with Crippen LogP contribution in [0.5, 0.6) is 0 Å². The normalized spacial score (nSPS) is 18.7. The Bertz CT molecular complexity index is 486. The van der Waals surface area contributed by atoms with Gasteiger partial charge in [0.1, 0.15) is 0 Å². The molecule has 0 spiro atoms. The average molecular weight is 287 g/mol. The Morgan fingerprint density at radius 2 is 1.95 bits per heavy atom. The van der Waals surface area contributed by atoms with Crippen LogP contribution in [0.15, 0.2) is 18.2 Å². The quantitative estimate of drug-likeness (QED) is 0.749. The molecule has 2 nitrogen and oxygen atoms in total. The number of Topliss-reactive ketones (excluding diaryl/α,β-unsaturated/α-hetero) is 1. The predicted octanol–water partition coefficient (Wildman–Crippen LogP) is 4.39. The zero-order valence-corrected chi connectivity index (χ0v) is 14.0. The number of carbonyl (C=O) groups excluding carboxylic acids is 1. The molecule has 0 radical (unpaired) electrons. The van der Waals surface area contributed by atoms with E-state index in [1.807, 2.05) is 13.0 Å². The smallest absolute Gasteiger partial charge is 0.179 e. The maximum atomic E-state index is 12.8. The van der Waals surface area contributed by atoms with Crippen LogP contribution in [0.2, 0.25) is 0 Å². The van der Waals surface area contributed by atoms with Gasteiger partial charge in [-0.25, -0.2) is 0 Å². The average Bonchev–Trinajstić information content (AvgIpc) is 2.49. The molecule has 1 fully saturated rings. The molecule has 0 amide bonds. The van der Waals surface area contributed by atoms with Gasteiger partial charge in [0.15, 0.2) is 5.78 Å². The van der Waals surface area contributed by atoms with Crippen molar-refractivity contribution in [2.45, 2.75) is 59.4 Å². The van der Waals surface area contributed by atoms with Gasteiger partial charge in [0.2, 0.25) is 0 Å². The van der Waals surface area contributed by atoms with E-state index in [4.69, 9.17) is 0 Å². The molecule has 21 heavy (non-hydrogen) atoms. The van der Waals surface area contributed by atoms with E-state index in [-0.39, 0.29) is 11.8 Å². The van der Waals surface area contributed by atoms with Crippen molar-refractivity contribution in [2.24, 2.45) is 5.92 Å². The van der Waals surface area contributed by atoms with Crippen molar-refractivity contribution in [3.63, 3.8) is 0 Å². The van der Waals surface area contributed by atoms with Gasteiger partial charge in [0.05, 0.1) is 6.04 Å². The van der Waals surface area contributed by atoms with Crippen LogP contribution in [0, 0.1) is 19.8 Å². The standard InChI is InChI=1S/C19H29NO/c1-5-6-17-9-11-20(12-10-17)16(4)19(21)18-13-14(2)7-8-15(18)3/h7-8,13,16-17H,5-6,9-12H2,1-4H3. The number of carbonyl (C=O) groups is 1. The van der Waals surface area contributed by atoms with Gasteiger partial charge >= 0.3 is 0 Å². The first-order valence-electron chi connectivity index (χ1n) is 8.38. The molecule has 1 atom stereocenters. The first-order valence-corrected chi connectivity index (χ1v) is 8.38. The molecule has 2 rings (SSSR count). The Balaban J connectivity index is 2.01. The molecule has 0 saturated carbocycles. The minimum Gasteiger partial charge on any atom is -0.293 e. The summed E-state index contributed by atoms with van der Waals surface area (Å²) in [6, 6.07) is 6.18. The van der Waals surface area contributed by atoms with E-state index in [0.717, 1.165) is 35.7 Å². The van der Waals surface area contributed by atoms with Crippen molar-refractivity contribution < 1.29 is 4.79 Å². The highest BCUT2D eigenvalue weighted by Crippen LogP contribution is 2.24. The van der Waals surface area contributed by atoms with Crippen molar-refractivity contribution >= 4 is 5.78 Å². The van der Waals surface area contributed by atoms with Gasteiger partial charge in [-0.2, -0.15) is 0 Å². The number of hydrogen-bond donors (Lipinski definition) is 0. The van der Waals surface area contributed by atoms with E-state index in [0.29, 0.717) is 0 Å². The Morgan fingerprint density at radius 3 is 2.57 bits per heavy atom. The number of piperidine rings is 1. The summed E-state index contributed by atoms with van der Waals surface area (Å²) in [5.41, 5.74) is 3.16. The third kappa shape index (κ3) is 3.94. The highest BCUT2D eigenvalue weighted by atomic mass is 16.1. The minimum atomic E-state index is 0.00748. The molecule has 0 aliphatic carbocycles. The fourth-order valence-electron chi connectivity index (χ4n) is 3.43. The zero-order chi connectivity index (χ0) is 15.4. The van der Waals surface area contributed by atoms with Crippen LogP contribution < -0.4 is 0 Å². The fraction of sp³-hybridized carbons (Fsp3) is 0.632. The second kappa shape index (κ2) is 7.22. The fourth-order valence-corrected chi connectivity index (χ4v) is 3.43. The second-order valence-electron chi connectivity index (χ2n) is 6.63. The first-order chi connectivity index (χ1) is 10.0. The molecule has 116 valence electrons. The van der Waals surface area contributed by atoms with Gasteiger partial charge in [0.25, 0.3) is 0 Å². The number of hydrogen-bond acceptors (Lipinski definition) is 2. The number of aryl methyl sites for hydroxylation is 2. The summed E-state index contributed by atoms with van der Waals surface area (Å²) in [7, 11) is 0. The number of ketones is 1. The maximum absolute atomic E-state index is 12.8. The largest absolute Gasteiger partial charge is 0.293 e. The molecular formula is C19H29NO. The minimum absolute atomic E-state index is 0.00748. The topological polar surface area (TPSA) is 20.3 Å². The molecule has 0 N–H and O–H groups in total. The molecule has 1 aromatic carbocycles. The monoisotopic (exact) mass is 287 g/mol. The lowest BCUT2D eigenvalue weighted by molar-refractivity contribution is 0.0765. The molecule has 1 unspecified atom stereocenters. The first kappa shape index (κ1) is 16.2. The van der Waals surface area contributed by atoms with E-state index in [9.17, 15) is 4.79 Å². The van der Waals surface area contributed by atoms with Gasteiger partial charge in [-0.15, -0.1) is 0 Å². The maximum Gasteiger partial charge on any atom is 0.179 e. The lowest BCUT2D eigenvalue weighted by atomic mass is 9.90. The van der Waals surface area contributed by atoms with E-state index < -0.39 is 0 Å². The Morgan fingerprint density at radius 1 is 1.29 bits per heavy atom. The predicted molar refractivity (Wildman–Crippen MR) is 88.9 cm³/mol. The summed E-state index contributed by atoms with van der Waals surface area (Å²) >= 11 is 0. The van der Waals surface area contributed by atoms with Crippen molar-refractivity contribution in [3.8, 4) is 0 Å². The summed E-state index contributed by atoms with van der Waals surface area (Å²) in [5.74, 6) is 1.15. The van der Waals surface area contributed by atoms with Gasteiger partial charge < -0.3 is 0 Å². The highest BCUT2D eigenvalue weighted by molar-refractivity contribution is 6.01. The highest BCUT2D eigenvalue weighted by Gasteiger charge is 2.27. The number of nitrogens with zero attached hydrogens (tertiary/aromatic N) is 1. The lowest BCUT2D eigenvalue weighted by Crippen LogP contribution is -2.44. The molecule has 0 bridgehead atoms. The van der Waals surface area contributed by atoms with Crippen molar-refractivity contribution in [2.75, 3.05) is 13.1 Å². The van der Waals surface area contributed by atoms with E-state index in [2.05, 4.69) is 37.8 Å². The van der Waals surface area contributed by atoms with Crippen molar-refractivity contribution in [1.82, 2.24) is 4.90 Å². The van der Waals surface area contributed by atoms with Crippen molar-refractivity contribution in [1.29, 1.82) is 0 Å². The molecule has 1 aromatic rings. The molecule has 1 aliphatic rings. The van der Waals surface area contributed by atoms with Gasteiger partial charge in [-0.1, -0.05) is 37.5 Å². The molecule has 1 heterocycles. The van der Waals surface area contributed by atoms with Crippen LogP contribution in [-0.4, -0.2) is 29.8 Å². The Kier molecular flexibility index (Phi) is 5.58. The van der Waals surface area contributed by atoms with E-state index in [1.165, 1.54) is 25.7 Å². The third-order valence-electron chi connectivity index (χ3n) is 4.93. The van der Waals surface area contributed by atoms with Gasteiger partial charge in [-0.3, -0.25) is 9.69 Å². The summed E-state index contributed by atoms with van der Waals surface area (Å²) in [5, 5.41) is 0. The van der Waals surface area contributed by atoms with Gasteiger partial charge in [0, 0.05) is 5.56 Å². The Labute approximate surface area is 129 Å². The summed E-state index contributed by atoms with van der Waals surface area (Å²) in [6.07, 6.45) is 5.12. The molecule has 1 aliphatic heterocycles. The van der Waals surface area contributed by atoms with Crippen LogP contribution in [0.3, 0.4) is 0 Å². The molecule has 2 heteroatoms. The Hall–Kier alpha value is -1.15. The van der Waals surface area contributed by atoms with Crippen molar-refractivity contribution in [3.05, 3.63) is 34.9 Å². The van der Waals surface area contributed by atoms with E-state index >= 15 is 0 Å². The molecular weight excluding hydrogens is 258 g/mol. The molecule has 1 saturated heterocycles. The van der Waals surface area contributed by atoms with Gasteiger partial charge in [-0.05, 0) is 64.3 Å². The molecule has 0 aromatic heterocycles. The number of likely N-dealkylation sites (tertiary alicyclic amines) is 1. The SMILES string of the molecule is CCCC1CCN(C(C)C(=O)c2cc(C)ccc2C)CC1. The van der Waals surface area contributed by atoms with Crippen LogP contribution in [0.25, 0.3) is 0 Å². The summed E-state index contributed by atoms with van der Waals surface area (Å²) in [6.45, 7) is 10.6. The van der Waals surface area contributed by atoms with Crippen LogP contribution >= 0.6 is 0 Å². The summed E-state index contributed by atoms with van der Waals surface area (Å²) in [4.78, 5) is 15.2. The lowest BCUT2D eigenvalue weighted by Gasteiger charge is -2.35. The summed E-state index contributed by atoms with van der Waals surface area (Å²) < 4.78 is 0. The zero-order valence-electron chi connectivity index (χ0n) is 14.0. The van der Waals surface area contributed by atoms with Crippen LogP contribution in [0.4, 0.5) is 0 Å². The number of benzene rings is 1. The number of rotatable bonds is 5. The third-order valence-corrected chi connectivity index (χ3v) is 4.93. The van der Waals surface area contributed by atoms with E-state index in [1.54, 1.807) is 0 Å². The van der Waals surface area contributed by atoms with Crippen LogP contribution in [0.1, 0.15) is 61.0 Å². The second-order valence-corrected chi connectivity index (χ2v) is 6.63. The van der Waals surface area contributed by atoms with Crippen LogP contribution in [-0.2, 0) is 0 Å².